The molecule has 0 spiro atoms. The SMILES string of the molecule is CN1CCC(C2=Nc3[nH]ncc3C(c3ccccc3Cl)C2C#N)CC1. The number of aromatic amines is 1. The molecule has 5 nitrogen and oxygen atoms in total. The van der Waals surface area contributed by atoms with Crippen molar-refractivity contribution in [1.82, 2.24) is 15.1 Å². The number of aromatic nitrogens is 2. The number of piperidine rings is 1. The molecule has 0 aliphatic carbocycles. The number of aliphatic imine (C=N–C) groups is 1. The smallest absolute Gasteiger partial charge is 0.151 e. The summed E-state index contributed by atoms with van der Waals surface area (Å²) in [6, 6.07) is 10.3. The number of H-pyrrole nitrogens is 1. The van der Waals surface area contributed by atoms with E-state index in [-0.39, 0.29) is 11.8 Å². The summed E-state index contributed by atoms with van der Waals surface area (Å²) in [5.74, 6) is 0.672. The molecule has 1 fully saturated rings. The van der Waals surface area contributed by atoms with Crippen molar-refractivity contribution in [2.24, 2.45) is 16.8 Å². The lowest BCUT2D eigenvalue weighted by Crippen LogP contribution is -2.38. The third kappa shape index (κ3) is 2.86. The first-order chi connectivity index (χ1) is 12.2. The van der Waals surface area contributed by atoms with Gasteiger partial charge in [-0.25, -0.2) is 4.99 Å². The van der Waals surface area contributed by atoms with Crippen LogP contribution in [0.2, 0.25) is 5.02 Å². The van der Waals surface area contributed by atoms with Crippen LogP contribution in [-0.4, -0.2) is 40.9 Å². The minimum atomic E-state index is -0.307. The standard InChI is InChI=1S/C19H20ClN5/c1-25-8-6-12(7-9-25)18-14(10-21)17(13-4-2-3-5-16(13)20)15-11-22-24-19(15)23-18/h2-5,11-12,14,17H,6-9H2,1H3,(H,22,24). The lowest BCUT2D eigenvalue weighted by atomic mass is 9.73. The number of hydrogen-bond acceptors (Lipinski definition) is 4. The van der Waals surface area contributed by atoms with Crippen LogP contribution in [0.5, 0.6) is 0 Å². The van der Waals surface area contributed by atoms with Gasteiger partial charge in [-0.1, -0.05) is 29.8 Å². The van der Waals surface area contributed by atoms with Gasteiger partial charge in [0.15, 0.2) is 5.82 Å². The van der Waals surface area contributed by atoms with E-state index in [2.05, 4.69) is 28.2 Å². The average Bonchev–Trinajstić information content (AvgIpc) is 3.10. The van der Waals surface area contributed by atoms with Gasteiger partial charge in [-0.05, 0) is 44.6 Å². The molecule has 128 valence electrons. The number of nitriles is 1. The van der Waals surface area contributed by atoms with Gasteiger partial charge in [0, 0.05) is 28.1 Å². The predicted molar refractivity (Wildman–Crippen MR) is 98.3 cm³/mol. The van der Waals surface area contributed by atoms with Gasteiger partial charge in [0.25, 0.3) is 0 Å². The number of hydrogen-bond donors (Lipinski definition) is 1. The molecule has 0 amide bonds. The molecule has 4 rings (SSSR count). The second-order valence-corrected chi connectivity index (χ2v) is 7.30. The van der Waals surface area contributed by atoms with E-state index in [1.165, 1.54) is 0 Å². The van der Waals surface area contributed by atoms with Gasteiger partial charge in [0.05, 0.1) is 18.2 Å². The first-order valence-corrected chi connectivity index (χ1v) is 9.01. The lowest BCUT2D eigenvalue weighted by Gasteiger charge is -2.35. The maximum absolute atomic E-state index is 10.0. The Balaban J connectivity index is 1.80. The summed E-state index contributed by atoms with van der Waals surface area (Å²) in [6.07, 6.45) is 3.85. The molecule has 1 saturated heterocycles. The molecule has 3 heterocycles. The molecule has 6 heteroatoms. The summed E-state index contributed by atoms with van der Waals surface area (Å²) in [6.45, 7) is 2.07. The Morgan fingerprint density at radius 1 is 1.24 bits per heavy atom. The van der Waals surface area contributed by atoms with E-state index in [1.807, 2.05) is 24.3 Å². The fourth-order valence-corrected chi connectivity index (χ4v) is 4.27. The van der Waals surface area contributed by atoms with Crippen LogP contribution in [0.1, 0.15) is 29.9 Å². The van der Waals surface area contributed by atoms with Crippen LogP contribution in [0.4, 0.5) is 5.82 Å². The normalized spacial score (nSPS) is 24.4. The third-order valence-corrected chi connectivity index (χ3v) is 5.74. The second kappa shape index (κ2) is 6.62. The predicted octanol–water partition coefficient (Wildman–Crippen LogP) is 3.76. The third-order valence-electron chi connectivity index (χ3n) is 5.39. The molecule has 0 bridgehead atoms. The van der Waals surface area contributed by atoms with Crippen molar-refractivity contribution >= 4 is 23.1 Å². The molecule has 1 aromatic carbocycles. The summed E-state index contributed by atoms with van der Waals surface area (Å²) in [5.41, 5.74) is 2.91. The zero-order valence-electron chi connectivity index (χ0n) is 14.1. The van der Waals surface area contributed by atoms with Gasteiger partial charge in [-0.2, -0.15) is 10.4 Å². The van der Waals surface area contributed by atoms with E-state index in [4.69, 9.17) is 16.6 Å². The molecule has 0 saturated carbocycles. The number of fused-ring (bicyclic) bond motifs is 1. The van der Waals surface area contributed by atoms with E-state index in [0.717, 1.165) is 48.6 Å². The Labute approximate surface area is 152 Å². The van der Waals surface area contributed by atoms with E-state index in [0.29, 0.717) is 10.9 Å². The largest absolute Gasteiger partial charge is 0.306 e. The zero-order chi connectivity index (χ0) is 17.4. The average molecular weight is 354 g/mol. The van der Waals surface area contributed by atoms with Gasteiger partial charge in [-0.3, -0.25) is 5.10 Å². The Hall–Kier alpha value is -2.16. The van der Waals surface area contributed by atoms with Crippen LogP contribution in [0.15, 0.2) is 35.5 Å². The summed E-state index contributed by atoms with van der Waals surface area (Å²) in [7, 11) is 2.14. The summed E-state index contributed by atoms with van der Waals surface area (Å²) >= 11 is 6.48. The van der Waals surface area contributed by atoms with Gasteiger partial charge >= 0.3 is 0 Å². The Kier molecular flexibility index (Phi) is 4.32. The van der Waals surface area contributed by atoms with Crippen molar-refractivity contribution in [1.29, 1.82) is 5.26 Å². The minimum absolute atomic E-state index is 0.125. The molecule has 2 aliphatic rings. The monoisotopic (exact) mass is 353 g/mol. The van der Waals surface area contributed by atoms with Crippen LogP contribution in [-0.2, 0) is 0 Å². The Morgan fingerprint density at radius 2 is 2.00 bits per heavy atom. The van der Waals surface area contributed by atoms with Crippen molar-refractivity contribution in [3.05, 3.63) is 46.6 Å². The molecule has 25 heavy (non-hydrogen) atoms. The van der Waals surface area contributed by atoms with E-state index in [9.17, 15) is 5.26 Å². The molecular formula is C19H20ClN5. The Morgan fingerprint density at radius 3 is 2.72 bits per heavy atom. The fourth-order valence-electron chi connectivity index (χ4n) is 4.02. The lowest BCUT2D eigenvalue weighted by molar-refractivity contribution is 0.249. The van der Waals surface area contributed by atoms with Gasteiger partial charge < -0.3 is 4.90 Å². The van der Waals surface area contributed by atoms with Crippen LogP contribution in [0.3, 0.4) is 0 Å². The van der Waals surface area contributed by atoms with E-state index in [1.54, 1.807) is 6.20 Å². The van der Waals surface area contributed by atoms with Crippen LogP contribution in [0, 0.1) is 23.2 Å². The number of nitrogens with zero attached hydrogens (tertiary/aromatic N) is 4. The number of rotatable bonds is 2. The summed E-state index contributed by atoms with van der Waals surface area (Å²) in [4.78, 5) is 7.15. The molecular weight excluding hydrogens is 334 g/mol. The molecule has 1 N–H and O–H groups in total. The highest BCUT2D eigenvalue weighted by molar-refractivity contribution is 6.31. The zero-order valence-corrected chi connectivity index (χ0v) is 14.9. The number of likely N-dealkylation sites (tertiary alicyclic amines) is 1. The van der Waals surface area contributed by atoms with Crippen molar-refractivity contribution in [2.45, 2.75) is 18.8 Å². The molecule has 2 aromatic rings. The first-order valence-electron chi connectivity index (χ1n) is 8.63. The van der Waals surface area contributed by atoms with Crippen LogP contribution in [0.25, 0.3) is 0 Å². The summed E-state index contributed by atoms with van der Waals surface area (Å²) in [5, 5.41) is 17.9. The second-order valence-electron chi connectivity index (χ2n) is 6.89. The minimum Gasteiger partial charge on any atom is -0.306 e. The van der Waals surface area contributed by atoms with Crippen LogP contribution >= 0.6 is 11.6 Å². The van der Waals surface area contributed by atoms with Gasteiger partial charge in [0.1, 0.15) is 0 Å². The van der Waals surface area contributed by atoms with Crippen molar-refractivity contribution in [3.8, 4) is 6.07 Å². The molecule has 0 radical (unpaired) electrons. The van der Waals surface area contributed by atoms with Gasteiger partial charge in [-0.15, -0.1) is 0 Å². The highest BCUT2D eigenvalue weighted by Gasteiger charge is 2.40. The number of halogens is 1. The van der Waals surface area contributed by atoms with Gasteiger partial charge in [0.2, 0.25) is 0 Å². The Bertz CT molecular complexity index is 841. The number of benzene rings is 1. The van der Waals surface area contributed by atoms with E-state index >= 15 is 0 Å². The highest BCUT2D eigenvalue weighted by atomic mass is 35.5. The fraction of sp³-hybridized carbons (Fsp3) is 0.421. The molecule has 2 atom stereocenters. The topological polar surface area (TPSA) is 68.1 Å². The quantitative estimate of drug-likeness (QED) is 0.893. The first kappa shape index (κ1) is 16.3. The maximum atomic E-state index is 10.0. The molecule has 2 unspecified atom stereocenters. The van der Waals surface area contributed by atoms with E-state index < -0.39 is 0 Å². The summed E-state index contributed by atoms with van der Waals surface area (Å²) < 4.78 is 0. The number of nitrogens with one attached hydrogen (secondary N) is 1. The molecule has 2 aliphatic heterocycles. The van der Waals surface area contributed by atoms with Crippen LogP contribution < -0.4 is 0 Å². The maximum Gasteiger partial charge on any atom is 0.151 e. The van der Waals surface area contributed by atoms with Crippen molar-refractivity contribution in [3.63, 3.8) is 0 Å². The molecule has 1 aromatic heterocycles. The van der Waals surface area contributed by atoms with Crippen molar-refractivity contribution in [2.75, 3.05) is 20.1 Å². The highest BCUT2D eigenvalue weighted by Crippen LogP contribution is 2.45. The van der Waals surface area contributed by atoms with Crippen molar-refractivity contribution < 1.29 is 0 Å².